The highest BCUT2D eigenvalue weighted by atomic mass is 79.9. The van der Waals surface area contributed by atoms with Crippen LogP contribution in [0.4, 0.5) is 0 Å². The smallest absolute Gasteiger partial charge is 0.241 e. The zero-order valence-electron chi connectivity index (χ0n) is 15.2. The molecule has 0 saturated heterocycles. The lowest BCUT2D eigenvalue weighted by Crippen LogP contribution is -2.37. The lowest BCUT2D eigenvalue weighted by atomic mass is 9.98. The quantitative estimate of drug-likeness (QED) is 0.414. The van der Waals surface area contributed by atoms with E-state index in [-0.39, 0.29) is 10.7 Å². The van der Waals surface area contributed by atoms with Crippen LogP contribution >= 0.6 is 15.9 Å². The van der Waals surface area contributed by atoms with Crippen LogP contribution in [-0.4, -0.2) is 19.0 Å². The molecule has 0 aliphatic heterocycles. The summed E-state index contributed by atoms with van der Waals surface area (Å²) in [5, 5.41) is 0. The number of carbonyl (C=O) groups is 1. The fraction of sp³-hybridized carbons (Fsp3) is 0.136. The molecule has 0 fully saturated rings. The molecule has 0 heterocycles. The fourth-order valence-corrected chi connectivity index (χ4v) is 4.94. The zero-order valence-corrected chi connectivity index (χ0v) is 17.7. The van der Waals surface area contributed by atoms with Crippen LogP contribution in [0.2, 0.25) is 0 Å². The first-order chi connectivity index (χ1) is 13.4. The fourth-order valence-electron chi connectivity index (χ4n) is 2.82. The summed E-state index contributed by atoms with van der Waals surface area (Å²) in [7, 11) is -3.82. The van der Waals surface area contributed by atoms with E-state index >= 15 is 0 Å². The van der Waals surface area contributed by atoms with Crippen molar-refractivity contribution >= 4 is 31.7 Å². The highest BCUT2D eigenvalue weighted by Gasteiger charge is 2.32. The van der Waals surface area contributed by atoms with Gasteiger partial charge >= 0.3 is 0 Å². The Hall–Kier alpha value is -2.28. The number of halogens is 1. The van der Waals surface area contributed by atoms with Crippen LogP contribution in [0.15, 0.2) is 89.8 Å². The minimum atomic E-state index is -3.82. The van der Waals surface area contributed by atoms with Gasteiger partial charge in [-0.25, -0.2) is 13.1 Å². The molecular formula is C22H20BrNO3S. The minimum Gasteiger partial charge on any atom is -0.293 e. The number of benzene rings is 3. The van der Waals surface area contributed by atoms with Gasteiger partial charge in [0, 0.05) is 5.56 Å². The Morgan fingerprint density at radius 1 is 0.857 bits per heavy atom. The summed E-state index contributed by atoms with van der Waals surface area (Å²) in [5.41, 5.74) is 2.18. The Kier molecular flexibility index (Phi) is 6.44. The summed E-state index contributed by atoms with van der Waals surface area (Å²) in [4.78, 5) is 12.3. The molecule has 0 unspecified atom stereocenters. The van der Waals surface area contributed by atoms with Crippen molar-refractivity contribution in [2.75, 3.05) is 0 Å². The molecule has 1 N–H and O–H groups in total. The van der Waals surface area contributed by atoms with E-state index in [9.17, 15) is 13.2 Å². The minimum absolute atomic E-state index is 0.158. The molecule has 6 heteroatoms. The van der Waals surface area contributed by atoms with E-state index in [0.717, 1.165) is 5.56 Å². The first-order valence-electron chi connectivity index (χ1n) is 8.76. The van der Waals surface area contributed by atoms with Crippen molar-refractivity contribution < 1.29 is 13.2 Å². The first-order valence-corrected chi connectivity index (χ1v) is 11.2. The van der Waals surface area contributed by atoms with Crippen molar-refractivity contribution in [1.82, 2.24) is 4.72 Å². The Balaban J connectivity index is 1.96. The van der Waals surface area contributed by atoms with Crippen LogP contribution in [0.3, 0.4) is 0 Å². The van der Waals surface area contributed by atoms with Gasteiger partial charge in [0.05, 0.1) is 15.8 Å². The Morgan fingerprint density at radius 2 is 1.39 bits per heavy atom. The molecule has 144 valence electrons. The van der Waals surface area contributed by atoms with Crippen molar-refractivity contribution in [2.24, 2.45) is 0 Å². The van der Waals surface area contributed by atoms with Crippen molar-refractivity contribution in [1.29, 1.82) is 0 Å². The average molecular weight is 458 g/mol. The standard InChI is InChI=1S/C22H20BrNO3S/c1-16-12-14-19(15-13-16)28(26,27)24-21(17-8-4-2-5-9-17)20(23)22(25)18-10-6-3-7-11-18/h2-15,20-21,24H,1H3/t20-,21-/m1/s1. The molecule has 0 aliphatic rings. The van der Waals surface area contributed by atoms with Gasteiger partial charge in [0.25, 0.3) is 0 Å². The maximum atomic E-state index is 12.9. The summed E-state index contributed by atoms with van der Waals surface area (Å²) < 4.78 is 28.6. The molecule has 4 nitrogen and oxygen atoms in total. The first kappa shape index (κ1) is 20.5. The van der Waals surface area contributed by atoms with Crippen LogP contribution in [0, 0.1) is 6.92 Å². The van der Waals surface area contributed by atoms with E-state index < -0.39 is 20.9 Å². The monoisotopic (exact) mass is 457 g/mol. The third-order valence-electron chi connectivity index (χ3n) is 4.37. The van der Waals surface area contributed by atoms with Gasteiger partial charge in [0.2, 0.25) is 10.0 Å². The van der Waals surface area contributed by atoms with Gasteiger partial charge in [-0.15, -0.1) is 0 Å². The van der Waals surface area contributed by atoms with Crippen LogP contribution < -0.4 is 4.72 Å². The number of sulfonamides is 1. The van der Waals surface area contributed by atoms with Gasteiger partial charge in [0.15, 0.2) is 5.78 Å². The van der Waals surface area contributed by atoms with Crippen LogP contribution in [0.1, 0.15) is 27.5 Å². The maximum Gasteiger partial charge on any atom is 0.241 e. The third kappa shape index (κ3) is 4.76. The zero-order chi connectivity index (χ0) is 20.1. The molecule has 3 rings (SSSR count). The van der Waals surface area contributed by atoms with E-state index in [1.165, 1.54) is 0 Å². The van der Waals surface area contributed by atoms with Crippen molar-refractivity contribution in [2.45, 2.75) is 22.7 Å². The third-order valence-corrected chi connectivity index (χ3v) is 6.78. The highest BCUT2D eigenvalue weighted by Crippen LogP contribution is 2.28. The highest BCUT2D eigenvalue weighted by molar-refractivity contribution is 9.10. The molecule has 0 aliphatic carbocycles. The number of rotatable bonds is 7. The predicted octanol–water partition coefficient (Wildman–Crippen LogP) is 4.66. The van der Waals surface area contributed by atoms with Gasteiger partial charge in [-0.2, -0.15) is 0 Å². The van der Waals surface area contributed by atoms with Gasteiger partial charge < -0.3 is 0 Å². The topological polar surface area (TPSA) is 63.2 Å². The number of Topliss-reactive ketones (excluding diaryl/α,β-unsaturated/α-hetero) is 1. The number of aryl methyl sites for hydroxylation is 1. The van der Waals surface area contributed by atoms with Crippen molar-refractivity contribution in [3.8, 4) is 0 Å². The predicted molar refractivity (Wildman–Crippen MR) is 114 cm³/mol. The second-order valence-corrected chi connectivity index (χ2v) is 9.16. The van der Waals surface area contributed by atoms with Crippen LogP contribution in [0.5, 0.6) is 0 Å². The molecule has 0 radical (unpaired) electrons. The molecule has 0 amide bonds. The lowest BCUT2D eigenvalue weighted by molar-refractivity contribution is 0.0982. The second kappa shape index (κ2) is 8.82. The Morgan fingerprint density at radius 3 is 1.96 bits per heavy atom. The van der Waals surface area contributed by atoms with E-state index in [0.29, 0.717) is 11.1 Å². The number of ketones is 1. The maximum absolute atomic E-state index is 12.9. The molecule has 2 atom stereocenters. The number of alkyl halides is 1. The molecular weight excluding hydrogens is 438 g/mol. The van der Waals surface area contributed by atoms with Gasteiger partial charge in [-0.3, -0.25) is 4.79 Å². The normalized spacial score (nSPS) is 13.6. The van der Waals surface area contributed by atoms with Crippen LogP contribution in [-0.2, 0) is 10.0 Å². The summed E-state index contributed by atoms with van der Waals surface area (Å²) in [6.07, 6.45) is 0. The van der Waals surface area contributed by atoms with E-state index in [2.05, 4.69) is 20.7 Å². The van der Waals surface area contributed by atoms with Crippen LogP contribution in [0.25, 0.3) is 0 Å². The Bertz CT molecular complexity index is 1040. The summed E-state index contributed by atoms with van der Waals surface area (Å²) >= 11 is 3.44. The van der Waals surface area contributed by atoms with Gasteiger partial charge in [0.1, 0.15) is 0 Å². The SMILES string of the molecule is Cc1ccc(S(=O)(=O)N[C@H](c2ccccc2)[C@@H](Br)C(=O)c2ccccc2)cc1. The molecule has 3 aromatic rings. The van der Waals surface area contributed by atoms with Crippen molar-refractivity contribution in [3.63, 3.8) is 0 Å². The summed E-state index contributed by atoms with van der Waals surface area (Å²) in [6, 6.07) is 23.7. The lowest BCUT2D eigenvalue weighted by Gasteiger charge is -2.23. The molecule has 0 spiro atoms. The summed E-state index contributed by atoms with van der Waals surface area (Å²) in [6.45, 7) is 1.89. The number of carbonyl (C=O) groups excluding carboxylic acids is 1. The largest absolute Gasteiger partial charge is 0.293 e. The van der Waals surface area contributed by atoms with Gasteiger partial charge in [-0.05, 0) is 24.6 Å². The molecule has 28 heavy (non-hydrogen) atoms. The van der Waals surface area contributed by atoms with E-state index in [4.69, 9.17) is 0 Å². The molecule has 0 bridgehead atoms. The van der Waals surface area contributed by atoms with E-state index in [1.807, 2.05) is 31.2 Å². The van der Waals surface area contributed by atoms with Gasteiger partial charge in [-0.1, -0.05) is 94.3 Å². The summed E-state index contributed by atoms with van der Waals surface area (Å²) in [5.74, 6) is -0.193. The molecule has 3 aromatic carbocycles. The second-order valence-electron chi connectivity index (χ2n) is 6.45. The van der Waals surface area contributed by atoms with E-state index in [1.54, 1.807) is 60.7 Å². The van der Waals surface area contributed by atoms with Crippen molar-refractivity contribution in [3.05, 3.63) is 102 Å². The number of hydrogen-bond acceptors (Lipinski definition) is 3. The Labute approximate surface area is 173 Å². The molecule has 0 aromatic heterocycles. The number of hydrogen-bond donors (Lipinski definition) is 1. The molecule has 0 saturated carbocycles. The average Bonchev–Trinajstić information content (AvgIpc) is 2.72. The number of nitrogens with one attached hydrogen (secondary N) is 1.